The normalized spacial score (nSPS) is 14.1. The molecule has 2 N–H and O–H groups in total. The third-order valence-corrected chi connectivity index (χ3v) is 3.90. The Morgan fingerprint density at radius 1 is 1.29 bits per heavy atom. The fourth-order valence-corrected chi connectivity index (χ4v) is 2.91. The molecule has 0 bridgehead atoms. The van der Waals surface area contributed by atoms with Gasteiger partial charge in [0, 0.05) is 43.8 Å². The van der Waals surface area contributed by atoms with Gasteiger partial charge in [0.2, 0.25) is 0 Å². The molecule has 0 saturated carbocycles. The molecule has 7 heteroatoms. The maximum Gasteiger partial charge on any atom is 0.180 e. The van der Waals surface area contributed by atoms with E-state index in [2.05, 4.69) is 47.6 Å². The van der Waals surface area contributed by atoms with Crippen LogP contribution in [0.5, 0.6) is 0 Å². The lowest BCUT2D eigenvalue weighted by Crippen LogP contribution is -2.24. The summed E-state index contributed by atoms with van der Waals surface area (Å²) in [5.74, 6) is 1.49. The van der Waals surface area contributed by atoms with Crippen LogP contribution < -0.4 is 10.6 Å². The topological polar surface area (TPSA) is 67.1 Å². The highest BCUT2D eigenvalue weighted by atomic mass is 79.9. The van der Waals surface area contributed by atoms with Gasteiger partial charge in [0.1, 0.15) is 10.4 Å². The SMILES string of the molecule is Brc1cn2ccnc2c(Nc2ccc3c(n2)CCNC3)n1. The number of nitrogens with one attached hydrogen (secondary N) is 2. The predicted octanol–water partition coefficient (Wildman–Crippen LogP) is 2.28. The van der Waals surface area contributed by atoms with Gasteiger partial charge in [-0.25, -0.2) is 15.0 Å². The zero-order valence-corrected chi connectivity index (χ0v) is 12.8. The molecule has 0 spiro atoms. The van der Waals surface area contributed by atoms with E-state index in [1.54, 1.807) is 6.20 Å². The second-order valence-electron chi connectivity index (χ2n) is 4.92. The molecule has 3 aromatic heterocycles. The molecule has 21 heavy (non-hydrogen) atoms. The summed E-state index contributed by atoms with van der Waals surface area (Å²) in [7, 11) is 0. The van der Waals surface area contributed by atoms with E-state index in [0.29, 0.717) is 5.82 Å². The van der Waals surface area contributed by atoms with E-state index in [0.717, 1.165) is 41.3 Å². The third-order valence-electron chi connectivity index (χ3n) is 3.51. The number of imidazole rings is 1. The number of fused-ring (bicyclic) bond motifs is 2. The minimum Gasteiger partial charge on any atom is -0.322 e. The second-order valence-corrected chi connectivity index (χ2v) is 5.74. The molecule has 0 radical (unpaired) electrons. The highest BCUT2D eigenvalue weighted by molar-refractivity contribution is 9.10. The van der Waals surface area contributed by atoms with Gasteiger partial charge in [-0.1, -0.05) is 6.07 Å². The number of rotatable bonds is 2. The van der Waals surface area contributed by atoms with Crippen molar-refractivity contribution in [2.75, 3.05) is 11.9 Å². The number of aromatic nitrogens is 4. The van der Waals surface area contributed by atoms with Crippen LogP contribution in [-0.4, -0.2) is 25.9 Å². The Morgan fingerprint density at radius 3 is 3.19 bits per heavy atom. The highest BCUT2D eigenvalue weighted by Gasteiger charge is 2.12. The molecule has 4 rings (SSSR count). The van der Waals surface area contributed by atoms with E-state index < -0.39 is 0 Å². The minimum atomic E-state index is 0.691. The van der Waals surface area contributed by atoms with Crippen molar-refractivity contribution < 1.29 is 0 Å². The van der Waals surface area contributed by atoms with E-state index in [9.17, 15) is 0 Å². The van der Waals surface area contributed by atoms with Gasteiger partial charge < -0.3 is 15.0 Å². The maximum atomic E-state index is 4.69. The molecule has 0 amide bonds. The Bertz CT molecular complexity index is 812. The van der Waals surface area contributed by atoms with Crippen LogP contribution in [0.25, 0.3) is 5.65 Å². The first-order chi connectivity index (χ1) is 10.3. The van der Waals surface area contributed by atoms with E-state index in [1.165, 1.54) is 5.56 Å². The highest BCUT2D eigenvalue weighted by Crippen LogP contribution is 2.22. The lowest BCUT2D eigenvalue weighted by atomic mass is 10.1. The second kappa shape index (κ2) is 5.09. The summed E-state index contributed by atoms with van der Waals surface area (Å²) < 4.78 is 2.67. The number of nitrogens with zero attached hydrogens (tertiary/aromatic N) is 4. The number of hydrogen-bond donors (Lipinski definition) is 2. The Labute approximate surface area is 129 Å². The van der Waals surface area contributed by atoms with Crippen LogP contribution >= 0.6 is 15.9 Å². The van der Waals surface area contributed by atoms with E-state index >= 15 is 0 Å². The van der Waals surface area contributed by atoms with Gasteiger partial charge in [-0.3, -0.25) is 0 Å². The van der Waals surface area contributed by atoms with Crippen LogP contribution in [0.4, 0.5) is 11.6 Å². The van der Waals surface area contributed by atoms with Gasteiger partial charge in [0.15, 0.2) is 11.5 Å². The van der Waals surface area contributed by atoms with E-state index in [4.69, 9.17) is 0 Å². The summed E-state index contributed by atoms with van der Waals surface area (Å²) in [6.07, 6.45) is 6.47. The van der Waals surface area contributed by atoms with Crippen molar-refractivity contribution in [2.24, 2.45) is 0 Å². The van der Waals surface area contributed by atoms with Crippen molar-refractivity contribution in [1.82, 2.24) is 24.7 Å². The largest absolute Gasteiger partial charge is 0.322 e. The molecule has 0 unspecified atom stereocenters. The number of hydrogen-bond acceptors (Lipinski definition) is 5. The van der Waals surface area contributed by atoms with E-state index in [-0.39, 0.29) is 0 Å². The molecule has 1 aliphatic heterocycles. The van der Waals surface area contributed by atoms with Gasteiger partial charge in [-0.15, -0.1) is 0 Å². The van der Waals surface area contributed by atoms with E-state index in [1.807, 2.05) is 22.9 Å². The van der Waals surface area contributed by atoms with Crippen LogP contribution in [0.3, 0.4) is 0 Å². The van der Waals surface area contributed by atoms with Gasteiger partial charge in [0.05, 0.1) is 0 Å². The van der Waals surface area contributed by atoms with Crippen molar-refractivity contribution in [1.29, 1.82) is 0 Å². The molecule has 0 saturated heterocycles. The zero-order chi connectivity index (χ0) is 14.2. The van der Waals surface area contributed by atoms with Gasteiger partial charge >= 0.3 is 0 Å². The lowest BCUT2D eigenvalue weighted by molar-refractivity contribution is 0.631. The number of anilines is 2. The minimum absolute atomic E-state index is 0.691. The monoisotopic (exact) mass is 344 g/mol. The molecule has 0 aromatic carbocycles. The van der Waals surface area contributed by atoms with Crippen LogP contribution in [-0.2, 0) is 13.0 Å². The van der Waals surface area contributed by atoms with Gasteiger partial charge in [-0.2, -0.15) is 0 Å². The molecule has 0 atom stereocenters. The van der Waals surface area contributed by atoms with Crippen molar-refractivity contribution in [3.05, 3.63) is 46.6 Å². The predicted molar refractivity (Wildman–Crippen MR) is 83.6 cm³/mol. The summed E-state index contributed by atoms with van der Waals surface area (Å²) in [5.41, 5.74) is 3.19. The van der Waals surface area contributed by atoms with Crippen molar-refractivity contribution in [3.8, 4) is 0 Å². The first-order valence-electron chi connectivity index (χ1n) is 6.75. The summed E-state index contributed by atoms with van der Waals surface area (Å²) >= 11 is 3.41. The van der Waals surface area contributed by atoms with Crippen LogP contribution in [0.15, 0.2) is 35.3 Å². The molecule has 106 valence electrons. The van der Waals surface area contributed by atoms with Gasteiger partial charge in [0.25, 0.3) is 0 Å². The van der Waals surface area contributed by atoms with Crippen molar-refractivity contribution in [3.63, 3.8) is 0 Å². The Morgan fingerprint density at radius 2 is 2.24 bits per heavy atom. The number of pyridine rings is 1. The van der Waals surface area contributed by atoms with Gasteiger partial charge in [-0.05, 0) is 27.6 Å². The fraction of sp³-hybridized carbons (Fsp3) is 0.214. The van der Waals surface area contributed by atoms with Crippen LogP contribution in [0.2, 0.25) is 0 Å². The smallest absolute Gasteiger partial charge is 0.180 e. The zero-order valence-electron chi connectivity index (χ0n) is 11.2. The molecule has 0 fully saturated rings. The third kappa shape index (κ3) is 2.38. The molecule has 0 aliphatic carbocycles. The molecule has 4 heterocycles. The summed E-state index contributed by atoms with van der Waals surface area (Å²) in [6.45, 7) is 1.87. The lowest BCUT2D eigenvalue weighted by Gasteiger charge is -2.17. The first-order valence-corrected chi connectivity index (χ1v) is 7.55. The molecular formula is C14H13BrN6. The molecule has 3 aromatic rings. The average molecular weight is 345 g/mol. The summed E-state index contributed by atoms with van der Waals surface area (Å²) in [6, 6.07) is 4.09. The Kier molecular flexibility index (Phi) is 3.08. The number of halogens is 1. The maximum absolute atomic E-state index is 4.69. The molecular weight excluding hydrogens is 332 g/mol. The quantitative estimate of drug-likeness (QED) is 0.746. The summed E-state index contributed by atoms with van der Waals surface area (Å²) in [5, 5.41) is 6.61. The fourth-order valence-electron chi connectivity index (χ4n) is 2.51. The van der Waals surface area contributed by atoms with Crippen molar-refractivity contribution in [2.45, 2.75) is 13.0 Å². The first kappa shape index (κ1) is 12.7. The average Bonchev–Trinajstić information content (AvgIpc) is 2.95. The summed E-state index contributed by atoms with van der Waals surface area (Å²) in [4.78, 5) is 13.5. The van der Waals surface area contributed by atoms with Crippen LogP contribution in [0.1, 0.15) is 11.3 Å². The molecule has 1 aliphatic rings. The molecule has 6 nitrogen and oxygen atoms in total. The van der Waals surface area contributed by atoms with Crippen LogP contribution in [0, 0.1) is 0 Å². The van der Waals surface area contributed by atoms with Crippen molar-refractivity contribution >= 4 is 33.2 Å². The standard InChI is InChI=1S/C14H13BrN6/c15-11-8-21-6-5-17-14(21)13(19-11)20-12-2-1-9-7-16-4-3-10(9)18-12/h1-2,5-6,8,16H,3-4,7H2,(H,18,19,20). The Balaban J connectivity index is 1.72. The Hall–Kier alpha value is -1.99.